The lowest BCUT2D eigenvalue weighted by molar-refractivity contribution is -0.00856. The summed E-state index contributed by atoms with van der Waals surface area (Å²) in [6.07, 6.45) is -4.96. The molecule has 0 aromatic rings. The minimum absolute atomic E-state index is 0.313. The van der Waals surface area contributed by atoms with Crippen LogP contribution in [0.4, 0.5) is 13.2 Å². The third-order valence-electron chi connectivity index (χ3n) is 2.15. The number of aliphatic hydroxyl groups excluding tert-OH is 2. The van der Waals surface area contributed by atoms with Gasteiger partial charge in [0.1, 0.15) is 20.1 Å². The lowest BCUT2D eigenvalue weighted by atomic mass is 9.82. The summed E-state index contributed by atoms with van der Waals surface area (Å²) in [7, 11) is 5.16. The molecule has 0 amide bonds. The van der Waals surface area contributed by atoms with Gasteiger partial charge in [-0.05, 0) is 0 Å². The van der Waals surface area contributed by atoms with E-state index < -0.39 is 36.6 Å². The van der Waals surface area contributed by atoms with Crippen LogP contribution in [0.15, 0.2) is 17.9 Å². The Morgan fingerprint density at radius 1 is 1.60 bits per heavy atom. The quantitative estimate of drug-likeness (QED) is 0.503. The van der Waals surface area contributed by atoms with E-state index in [-0.39, 0.29) is 0 Å². The van der Waals surface area contributed by atoms with Crippen LogP contribution in [-0.4, -0.2) is 48.5 Å². The van der Waals surface area contributed by atoms with Crippen LogP contribution in [0.2, 0.25) is 0 Å². The van der Waals surface area contributed by atoms with Gasteiger partial charge in [0.2, 0.25) is 0 Å². The SMILES string of the molecule is [B][C@@H]1O[C@H](CO)C(O)C1(F)C=C=C(F)F. The zero-order valence-electron chi connectivity index (χ0n) is 7.53. The first-order valence-electron chi connectivity index (χ1n) is 4.09. The van der Waals surface area contributed by atoms with Crippen molar-refractivity contribution in [2.24, 2.45) is 0 Å². The van der Waals surface area contributed by atoms with Crippen LogP contribution in [0.3, 0.4) is 0 Å². The number of ether oxygens (including phenoxy) is 1. The second-order valence-corrected chi connectivity index (χ2v) is 3.10. The van der Waals surface area contributed by atoms with Crippen molar-refractivity contribution >= 4 is 7.85 Å². The number of aliphatic hydroxyl groups is 2. The van der Waals surface area contributed by atoms with Crippen LogP contribution in [0.25, 0.3) is 0 Å². The Kier molecular flexibility index (Phi) is 3.62. The minimum atomic E-state index is -2.67. The normalized spacial score (nSPS) is 39.9. The van der Waals surface area contributed by atoms with Crippen LogP contribution in [0.1, 0.15) is 0 Å². The molecule has 1 rings (SSSR count). The molecular formula is C8H8BF3O3. The Balaban J connectivity index is 2.97. The summed E-state index contributed by atoms with van der Waals surface area (Å²) in [5.41, 5.74) is -1.35. The van der Waals surface area contributed by atoms with Crippen LogP contribution >= 0.6 is 0 Å². The van der Waals surface area contributed by atoms with Crippen molar-refractivity contribution in [2.75, 3.05) is 6.61 Å². The molecule has 0 aliphatic carbocycles. The molecule has 2 N–H and O–H groups in total. The van der Waals surface area contributed by atoms with Gasteiger partial charge >= 0.3 is 6.08 Å². The first-order chi connectivity index (χ1) is 6.91. The molecule has 2 radical (unpaired) electrons. The van der Waals surface area contributed by atoms with Crippen LogP contribution in [-0.2, 0) is 4.74 Å². The third kappa shape index (κ3) is 2.26. The van der Waals surface area contributed by atoms with E-state index in [2.05, 4.69) is 4.74 Å². The number of rotatable bonds is 2. The molecular weight excluding hydrogens is 212 g/mol. The standard InChI is InChI=1S/C8H8BF3O3/c9-7-8(12,2-1-5(10)11)6(14)4(3-13)15-7/h2,4,6-7,13-14H,3H2/t4-,6?,7-,8?/m1/s1. The van der Waals surface area contributed by atoms with E-state index in [0.29, 0.717) is 6.08 Å². The summed E-state index contributed by atoms with van der Waals surface area (Å²) in [6.45, 7) is -0.657. The van der Waals surface area contributed by atoms with Gasteiger partial charge in [-0.15, -0.1) is 0 Å². The van der Waals surface area contributed by atoms with Gasteiger partial charge in [-0.2, -0.15) is 8.78 Å². The number of alkyl halides is 1. The second-order valence-electron chi connectivity index (χ2n) is 3.10. The first kappa shape index (κ1) is 12.3. The molecule has 1 fully saturated rings. The van der Waals surface area contributed by atoms with Crippen molar-refractivity contribution < 1.29 is 28.1 Å². The molecule has 1 saturated heterocycles. The zero-order chi connectivity index (χ0) is 11.6. The van der Waals surface area contributed by atoms with E-state index in [1.165, 1.54) is 5.73 Å². The van der Waals surface area contributed by atoms with Gasteiger partial charge in [0.25, 0.3) is 0 Å². The maximum atomic E-state index is 13.8. The van der Waals surface area contributed by atoms with Crippen molar-refractivity contribution in [3.05, 3.63) is 17.9 Å². The van der Waals surface area contributed by atoms with E-state index in [1.54, 1.807) is 0 Å². The van der Waals surface area contributed by atoms with E-state index in [1.807, 2.05) is 0 Å². The molecule has 1 aliphatic rings. The molecule has 82 valence electrons. The maximum absolute atomic E-state index is 13.8. The van der Waals surface area contributed by atoms with Crippen molar-refractivity contribution in [2.45, 2.75) is 23.9 Å². The predicted octanol–water partition coefficient (Wildman–Crippen LogP) is -0.123. The Hall–Kier alpha value is -0.745. The number of hydrogen-bond donors (Lipinski definition) is 2. The van der Waals surface area contributed by atoms with E-state index in [0.717, 1.165) is 0 Å². The largest absolute Gasteiger partial charge is 0.394 e. The van der Waals surface area contributed by atoms with Gasteiger partial charge in [0, 0.05) is 6.08 Å². The molecule has 0 aromatic heterocycles. The summed E-state index contributed by atoms with van der Waals surface area (Å²) in [6, 6.07) is -1.61. The fraction of sp³-hybridized carbons (Fsp3) is 0.625. The van der Waals surface area contributed by atoms with Gasteiger partial charge < -0.3 is 14.9 Å². The van der Waals surface area contributed by atoms with E-state index >= 15 is 0 Å². The molecule has 2 unspecified atom stereocenters. The summed E-state index contributed by atoms with van der Waals surface area (Å²) in [4.78, 5) is 0. The van der Waals surface area contributed by atoms with Crippen LogP contribution < -0.4 is 0 Å². The second kappa shape index (κ2) is 4.41. The highest BCUT2D eigenvalue weighted by Gasteiger charge is 2.53. The topological polar surface area (TPSA) is 49.7 Å². The molecule has 15 heavy (non-hydrogen) atoms. The third-order valence-corrected chi connectivity index (χ3v) is 2.15. The van der Waals surface area contributed by atoms with Gasteiger partial charge in [-0.1, -0.05) is 5.73 Å². The van der Waals surface area contributed by atoms with Gasteiger partial charge in [-0.25, -0.2) is 4.39 Å². The van der Waals surface area contributed by atoms with Crippen molar-refractivity contribution in [3.8, 4) is 0 Å². The average Bonchev–Trinajstić information content (AvgIpc) is 2.40. The maximum Gasteiger partial charge on any atom is 0.312 e. The predicted molar refractivity (Wildman–Crippen MR) is 45.2 cm³/mol. The fourth-order valence-electron chi connectivity index (χ4n) is 1.30. The molecule has 1 aliphatic heterocycles. The lowest BCUT2D eigenvalue weighted by Crippen LogP contribution is -2.43. The summed E-state index contributed by atoms with van der Waals surface area (Å²) in [5, 5.41) is 18.0. The Morgan fingerprint density at radius 3 is 2.60 bits per heavy atom. The monoisotopic (exact) mass is 220 g/mol. The van der Waals surface area contributed by atoms with Crippen molar-refractivity contribution in [1.29, 1.82) is 0 Å². The highest BCUT2D eigenvalue weighted by atomic mass is 19.3. The smallest absolute Gasteiger partial charge is 0.312 e. The molecule has 0 spiro atoms. The Bertz CT molecular complexity index is 302. The highest BCUT2D eigenvalue weighted by Crippen LogP contribution is 2.34. The number of halogens is 3. The van der Waals surface area contributed by atoms with Crippen molar-refractivity contribution in [1.82, 2.24) is 0 Å². The van der Waals surface area contributed by atoms with Gasteiger partial charge in [-0.3, -0.25) is 0 Å². The van der Waals surface area contributed by atoms with Crippen LogP contribution in [0.5, 0.6) is 0 Å². The van der Waals surface area contributed by atoms with Gasteiger partial charge in [0.15, 0.2) is 5.67 Å². The Morgan fingerprint density at radius 2 is 2.20 bits per heavy atom. The summed E-state index contributed by atoms with van der Waals surface area (Å²) < 4.78 is 41.8. The molecule has 1 heterocycles. The van der Waals surface area contributed by atoms with Gasteiger partial charge in [0.05, 0.1) is 12.6 Å². The van der Waals surface area contributed by atoms with Crippen molar-refractivity contribution in [3.63, 3.8) is 0 Å². The van der Waals surface area contributed by atoms with Crippen LogP contribution in [0, 0.1) is 0 Å². The lowest BCUT2D eigenvalue weighted by Gasteiger charge is -2.21. The average molecular weight is 220 g/mol. The molecule has 3 nitrogen and oxygen atoms in total. The molecule has 7 heteroatoms. The number of hydrogen-bond acceptors (Lipinski definition) is 3. The highest BCUT2D eigenvalue weighted by molar-refractivity contribution is 6.12. The van der Waals surface area contributed by atoms with E-state index in [9.17, 15) is 18.3 Å². The minimum Gasteiger partial charge on any atom is -0.394 e. The first-order valence-corrected chi connectivity index (χ1v) is 4.09. The molecule has 4 atom stereocenters. The van der Waals surface area contributed by atoms with E-state index in [4.69, 9.17) is 13.0 Å². The fourth-order valence-corrected chi connectivity index (χ4v) is 1.30. The zero-order valence-corrected chi connectivity index (χ0v) is 7.53. The molecule has 0 bridgehead atoms. The summed E-state index contributed by atoms with van der Waals surface area (Å²) in [5.74, 6) is 0. The Labute approximate surface area is 85.3 Å². The molecule has 0 saturated carbocycles. The summed E-state index contributed by atoms with van der Waals surface area (Å²) >= 11 is 0. The molecule has 0 aromatic carbocycles.